The average molecular weight is 551 g/mol. The maximum Gasteiger partial charge on any atom is 0.291 e. The van der Waals surface area contributed by atoms with Gasteiger partial charge in [-0.25, -0.2) is 4.68 Å². The Hall–Kier alpha value is -5.16. The van der Waals surface area contributed by atoms with Crippen molar-refractivity contribution in [2.75, 3.05) is 6.61 Å². The van der Waals surface area contributed by atoms with Gasteiger partial charge in [0.25, 0.3) is 11.2 Å². The average Bonchev–Trinajstić information content (AvgIpc) is 3.68. The van der Waals surface area contributed by atoms with Crippen molar-refractivity contribution in [2.24, 2.45) is 0 Å². The number of nitro benzene ring substituents is 1. The molecule has 6 rings (SSSR count). The van der Waals surface area contributed by atoms with Crippen LogP contribution in [0.15, 0.2) is 89.9 Å². The Kier molecular flexibility index (Phi) is 6.62. The van der Waals surface area contributed by atoms with E-state index in [0.717, 1.165) is 23.4 Å². The molecular weight excluding hydrogens is 528 g/mol. The molecule has 0 aliphatic rings. The number of para-hydroxylation sites is 1. The number of hydrogen-bond donors (Lipinski definition) is 0. The van der Waals surface area contributed by atoms with E-state index in [4.69, 9.17) is 9.84 Å². The fraction of sp³-hybridized carbons (Fsp3) is 0.103. The maximum absolute atomic E-state index is 13.3. The van der Waals surface area contributed by atoms with E-state index in [1.54, 1.807) is 22.9 Å². The Morgan fingerprint density at radius 1 is 0.975 bits per heavy atom. The first-order valence-electron chi connectivity index (χ1n) is 12.5. The fourth-order valence-electron chi connectivity index (χ4n) is 4.19. The van der Waals surface area contributed by atoms with Gasteiger partial charge in [-0.15, -0.1) is 5.10 Å². The van der Waals surface area contributed by atoms with Gasteiger partial charge in [0.15, 0.2) is 5.82 Å². The van der Waals surface area contributed by atoms with Gasteiger partial charge < -0.3 is 4.74 Å². The first-order valence-corrected chi connectivity index (χ1v) is 13.4. The monoisotopic (exact) mass is 550 g/mol. The Morgan fingerprint density at radius 3 is 2.38 bits per heavy atom. The van der Waals surface area contributed by atoms with Crippen molar-refractivity contribution < 1.29 is 9.66 Å². The molecule has 0 bridgehead atoms. The largest absolute Gasteiger partial charge is 0.494 e. The zero-order valence-corrected chi connectivity index (χ0v) is 22.1. The summed E-state index contributed by atoms with van der Waals surface area (Å²) >= 11 is 1.23. The standard InChI is InChI=1S/C29H22N6O4S/c1-2-16-39-24-14-10-20(11-15-24)27-30-29-34(32-27)28(36)25(40-29)17-21-18-33(22-6-4-3-5-7-22)31-26(21)19-8-12-23(13-9-19)35(37)38/h3-15,17-18H,2,16H2,1H3. The summed E-state index contributed by atoms with van der Waals surface area (Å²) in [7, 11) is 0. The van der Waals surface area contributed by atoms with Gasteiger partial charge in [0, 0.05) is 35.0 Å². The lowest BCUT2D eigenvalue weighted by Crippen LogP contribution is -2.23. The van der Waals surface area contributed by atoms with Gasteiger partial charge in [-0.3, -0.25) is 14.9 Å². The van der Waals surface area contributed by atoms with Crippen molar-refractivity contribution in [1.29, 1.82) is 0 Å². The van der Waals surface area contributed by atoms with Gasteiger partial charge in [-0.1, -0.05) is 36.5 Å². The topological polar surface area (TPSA) is 117 Å². The Bertz CT molecular complexity index is 1930. The SMILES string of the molecule is CCCOc1ccc(-c2nc3sc(=Cc4cn(-c5ccccc5)nc4-c4ccc([N+](=O)[O-])cc4)c(=O)n3n2)cc1. The molecule has 40 heavy (non-hydrogen) atoms. The van der Waals surface area contributed by atoms with E-state index in [0.29, 0.717) is 38.7 Å². The van der Waals surface area contributed by atoms with Crippen molar-refractivity contribution in [3.8, 4) is 34.1 Å². The molecule has 0 atom stereocenters. The second-order valence-electron chi connectivity index (χ2n) is 8.94. The predicted molar refractivity (Wildman–Crippen MR) is 153 cm³/mol. The minimum absolute atomic E-state index is 0.0110. The van der Waals surface area contributed by atoms with Crippen molar-refractivity contribution in [3.63, 3.8) is 0 Å². The van der Waals surface area contributed by atoms with Crippen molar-refractivity contribution in [3.05, 3.63) is 116 Å². The van der Waals surface area contributed by atoms with Gasteiger partial charge in [-0.2, -0.15) is 14.6 Å². The summed E-state index contributed by atoms with van der Waals surface area (Å²) in [5.41, 5.74) is 3.28. The van der Waals surface area contributed by atoms with Crippen LogP contribution in [0.3, 0.4) is 0 Å². The molecule has 3 aromatic heterocycles. The molecule has 198 valence electrons. The van der Waals surface area contributed by atoms with Crippen LogP contribution in [0.2, 0.25) is 0 Å². The summed E-state index contributed by atoms with van der Waals surface area (Å²) in [5, 5.41) is 20.3. The van der Waals surface area contributed by atoms with E-state index in [2.05, 4.69) is 10.1 Å². The third-order valence-electron chi connectivity index (χ3n) is 6.17. The van der Waals surface area contributed by atoms with Crippen LogP contribution in [0.1, 0.15) is 18.9 Å². The number of aromatic nitrogens is 5. The van der Waals surface area contributed by atoms with Crippen LogP contribution in [-0.2, 0) is 0 Å². The number of benzene rings is 3. The number of ether oxygens (including phenoxy) is 1. The van der Waals surface area contributed by atoms with Gasteiger partial charge in [0.05, 0.1) is 21.7 Å². The summed E-state index contributed by atoms with van der Waals surface area (Å²) < 4.78 is 9.10. The Morgan fingerprint density at radius 2 is 1.70 bits per heavy atom. The fourth-order valence-corrected chi connectivity index (χ4v) is 5.09. The highest BCUT2D eigenvalue weighted by atomic mass is 32.1. The van der Waals surface area contributed by atoms with Gasteiger partial charge in [0.1, 0.15) is 11.4 Å². The third kappa shape index (κ3) is 4.85. The molecule has 0 fully saturated rings. The number of non-ortho nitro benzene ring substituents is 1. The van der Waals surface area contributed by atoms with Gasteiger partial charge >= 0.3 is 0 Å². The second-order valence-corrected chi connectivity index (χ2v) is 9.94. The number of thiazole rings is 1. The zero-order chi connectivity index (χ0) is 27.6. The molecular formula is C29H22N6O4S. The van der Waals surface area contributed by atoms with Gasteiger partial charge in [0.2, 0.25) is 4.96 Å². The van der Waals surface area contributed by atoms with Crippen LogP contribution in [0.4, 0.5) is 5.69 Å². The Balaban J connectivity index is 1.40. The smallest absolute Gasteiger partial charge is 0.291 e. The van der Waals surface area contributed by atoms with Crippen LogP contribution in [0, 0.1) is 10.1 Å². The quantitative estimate of drug-likeness (QED) is 0.195. The van der Waals surface area contributed by atoms with Gasteiger partial charge in [-0.05, 0) is 61.0 Å². The molecule has 0 unspecified atom stereocenters. The number of rotatable bonds is 8. The molecule has 3 aromatic carbocycles. The van der Waals surface area contributed by atoms with Crippen molar-refractivity contribution >= 4 is 28.1 Å². The number of nitro groups is 1. The van der Waals surface area contributed by atoms with E-state index in [9.17, 15) is 14.9 Å². The van der Waals surface area contributed by atoms with E-state index >= 15 is 0 Å². The number of nitrogens with zero attached hydrogens (tertiary/aromatic N) is 6. The highest BCUT2D eigenvalue weighted by Gasteiger charge is 2.16. The van der Waals surface area contributed by atoms with Crippen LogP contribution < -0.4 is 14.8 Å². The maximum atomic E-state index is 13.3. The predicted octanol–water partition coefficient (Wildman–Crippen LogP) is 4.92. The van der Waals surface area contributed by atoms with E-state index in [1.807, 2.05) is 67.7 Å². The molecule has 0 saturated heterocycles. The summed E-state index contributed by atoms with van der Waals surface area (Å²) in [4.78, 5) is 29.1. The van der Waals surface area contributed by atoms with E-state index in [1.165, 1.54) is 28.0 Å². The molecule has 10 nitrogen and oxygen atoms in total. The first kappa shape index (κ1) is 25.1. The van der Waals surface area contributed by atoms with Crippen LogP contribution >= 0.6 is 11.3 Å². The molecule has 3 heterocycles. The van der Waals surface area contributed by atoms with Crippen LogP contribution in [0.5, 0.6) is 5.75 Å². The van der Waals surface area contributed by atoms with E-state index in [-0.39, 0.29) is 11.2 Å². The highest BCUT2D eigenvalue weighted by molar-refractivity contribution is 7.15. The molecule has 0 N–H and O–H groups in total. The number of fused-ring (bicyclic) bond motifs is 1. The molecule has 0 radical (unpaired) electrons. The summed E-state index contributed by atoms with van der Waals surface area (Å²) in [5.74, 6) is 1.23. The van der Waals surface area contributed by atoms with Crippen molar-refractivity contribution in [1.82, 2.24) is 24.4 Å². The minimum Gasteiger partial charge on any atom is -0.494 e. The number of hydrogen-bond acceptors (Lipinski definition) is 8. The molecule has 0 spiro atoms. The third-order valence-corrected chi connectivity index (χ3v) is 7.13. The lowest BCUT2D eigenvalue weighted by atomic mass is 10.1. The van der Waals surface area contributed by atoms with Crippen molar-refractivity contribution in [2.45, 2.75) is 13.3 Å². The summed E-state index contributed by atoms with van der Waals surface area (Å²) in [6, 6.07) is 23.2. The molecule has 0 amide bonds. The van der Waals surface area contributed by atoms with Crippen LogP contribution in [-0.4, -0.2) is 35.9 Å². The minimum atomic E-state index is -0.444. The summed E-state index contributed by atoms with van der Waals surface area (Å²) in [6.07, 6.45) is 4.51. The zero-order valence-electron chi connectivity index (χ0n) is 21.3. The summed E-state index contributed by atoms with van der Waals surface area (Å²) in [6.45, 7) is 2.70. The highest BCUT2D eigenvalue weighted by Crippen LogP contribution is 2.27. The van der Waals surface area contributed by atoms with E-state index < -0.39 is 4.92 Å². The lowest BCUT2D eigenvalue weighted by molar-refractivity contribution is -0.384. The molecule has 0 aliphatic heterocycles. The van der Waals surface area contributed by atoms with Crippen LogP contribution in [0.25, 0.3) is 39.4 Å². The molecule has 0 saturated carbocycles. The molecule has 6 aromatic rings. The first-order chi connectivity index (χ1) is 19.5. The second kappa shape index (κ2) is 10.5. The normalized spacial score (nSPS) is 11.8. The lowest BCUT2D eigenvalue weighted by Gasteiger charge is -2.04. The molecule has 0 aliphatic carbocycles. The molecule has 11 heteroatoms. The Labute approximate surface area is 231 Å².